The van der Waals surface area contributed by atoms with E-state index in [0.29, 0.717) is 0 Å². The fourth-order valence-corrected chi connectivity index (χ4v) is 7.90. The summed E-state index contributed by atoms with van der Waals surface area (Å²) >= 11 is 0. The topological polar surface area (TPSA) is 12.9 Å². The van der Waals surface area contributed by atoms with E-state index in [2.05, 4.69) is 152 Å². The standard InChI is InChI=1S/C44H31N/c1-44(2)39-21-8-7-18-36(39)43-37(20-10-22-40(43)44)42-34-17-6-5-16-33(34)41(30-14-11-25-45-27-30)35-24-23-29(26-38(35)42)32-19-9-13-28-12-3-4-15-31(28)32/h3-27H,1-2H3. The zero-order valence-electron chi connectivity index (χ0n) is 25.4. The van der Waals surface area contributed by atoms with Gasteiger partial charge in [-0.25, -0.2) is 0 Å². The number of benzene rings is 7. The van der Waals surface area contributed by atoms with Crippen LogP contribution >= 0.6 is 0 Å². The maximum absolute atomic E-state index is 4.54. The van der Waals surface area contributed by atoms with Crippen LogP contribution in [-0.4, -0.2) is 4.98 Å². The first kappa shape index (κ1) is 25.9. The van der Waals surface area contributed by atoms with Gasteiger partial charge in [0.25, 0.3) is 0 Å². The number of pyridine rings is 1. The molecular formula is C44H31N. The molecule has 0 spiro atoms. The quantitative estimate of drug-likeness (QED) is 0.192. The Morgan fingerprint density at radius 3 is 1.91 bits per heavy atom. The molecule has 0 atom stereocenters. The molecule has 0 N–H and O–H groups in total. The second-order valence-corrected chi connectivity index (χ2v) is 12.7. The van der Waals surface area contributed by atoms with Gasteiger partial charge in [-0.05, 0) is 94.5 Å². The molecule has 1 nitrogen and oxygen atoms in total. The molecule has 1 heterocycles. The Morgan fingerprint density at radius 2 is 1.07 bits per heavy atom. The molecule has 0 unspecified atom stereocenters. The fraction of sp³-hybridized carbons (Fsp3) is 0.0682. The third kappa shape index (κ3) is 3.77. The van der Waals surface area contributed by atoms with E-state index in [-0.39, 0.29) is 5.41 Å². The Balaban J connectivity index is 1.46. The van der Waals surface area contributed by atoms with Gasteiger partial charge in [-0.15, -0.1) is 0 Å². The van der Waals surface area contributed by atoms with Gasteiger partial charge in [0.1, 0.15) is 0 Å². The van der Waals surface area contributed by atoms with Crippen molar-refractivity contribution in [2.75, 3.05) is 0 Å². The highest BCUT2D eigenvalue weighted by Gasteiger charge is 2.37. The molecule has 0 saturated carbocycles. The van der Waals surface area contributed by atoms with E-state index in [9.17, 15) is 0 Å². The first-order chi connectivity index (χ1) is 22.1. The minimum Gasteiger partial charge on any atom is -0.264 e. The normalized spacial score (nSPS) is 13.3. The maximum Gasteiger partial charge on any atom is 0.0346 e. The molecule has 1 heteroatoms. The van der Waals surface area contributed by atoms with E-state index in [0.717, 1.165) is 5.56 Å². The number of nitrogens with zero attached hydrogens (tertiary/aromatic N) is 1. The van der Waals surface area contributed by atoms with Crippen LogP contribution in [0.3, 0.4) is 0 Å². The minimum absolute atomic E-state index is 0.0721. The first-order valence-electron chi connectivity index (χ1n) is 15.7. The number of aromatic nitrogens is 1. The first-order valence-corrected chi connectivity index (χ1v) is 15.7. The van der Waals surface area contributed by atoms with Gasteiger partial charge in [0.2, 0.25) is 0 Å². The van der Waals surface area contributed by atoms with Crippen molar-refractivity contribution in [1.29, 1.82) is 0 Å². The summed E-state index contributed by atoms with van der Waals surface area (Å²) in [5, 5.41) is 7.52. The minimum atomic E-state index is -0.0721. The highest BCUT2D eigenvalue weighted by atomic mass is 14.6. The average Bonchev–Trinajstić information content (AvgIpc) is 3.33. The van der Waals surface area contributed by atoms with Crippen LogP contribution in [-0.2, 0) is 5.41 Å². The average molecular weight is 574 g/mol. The lowest BCUT2D eigenvalue weighted by molar-refractivity contribution is 0.660. The van der Waals surface area contributed by atoms with Crippen molar-refractivity contribution >= 4 is 32.3 Å². The van der Waals surface area contributed by atoms with Crippen LogP contribution in [0.1, 0.15) is 25.0 Å². The van der Waals surface area contributed by atoms with Crippen LogP contribution in [0, 0.1) is 0 Å². The van der Waals surface area contributed by atoms with Gasteiger partial charge in [-0.1, -0.05) is 141 Å². The number of hydrogen-bond acceptors (Lipinski definition) is 1. The number of hydrogen-bond donors (Lipinski definition) is 0. The second-order valence-electron chi connectivity index (χ2n) is 12.7. The SMILES string of the molecule is CC1(C)c2ccccc2-c2c(-c3c4ccccc4c(-c4cccnc4)c4ccc(-c5cccc6ccccc56)cc34)cccc21. The third-order valence-corrected chi connectivity index (χ3v) is 9.95. The van der Waals surface area contributed by atoms with Crippen LogP contribution < -0.4 is 0 Å². The van der Waals surface area contributed by atoms with Crippen LogP contribution in [0.5, 0.6) is 0 Å². The van der Waals surface area contributed by atoms with E-state index < -0.39 is 0 Å². The summed E-state index contributed by atoms with van der Waals surface area (Å²) in [5.74, 6) is 0. The van der Waals surface area contributed by atoms with E-state index in [1.165, 1.54) is 82.4 Å². The Hall–Kier alpha value is -5.53. The third-order valence-electron chi connectivity index (χ3n) is 9.95. The van der Waals surface area contributed by atoms with Crippen molar-refractivity contribution < 1.29 is 0 Å². The van der Waals surface area contributed by atoms with Gasteiger partial charge in [-0.3, -0.25) is 4.98 Å². The molecule has 45 heavy (non-hydrogen) atoms. The summed E-state index contributed by atoms with van der Waals surface area (Å²) in [6.07, 6.45) is 3.85. The lowest BCUT2D eigenvalue weighted by Crippen LogP contribution is -2.14. The lowest BCUT2D eigenvalue weighted by Gasteiger charge is -2.23. The van der Waals surface area contributed by atoms with Gasteiger partial charge in [0, 0.05) is 23.4 Å². The summed E-state index contributed by atoms with van der Waals surface area (Å²) in [6.45, 7) is 4.73. The summed E-state index contributed by atoms with van der Waals surface area (Å²) in [6, 6.07) is 51.4. The number of fused-ring (bicyclic) bond motifs is 6. The molecule has 9 rings (SSSR count). The summed E-state index contributed by atoms with van der Waals surface area (Å²) in [5.41, 5.74) is 12.8. The molecule has 1 aliphatic carbocycles. The van der Waals surface area contributed by atoms with Gasteiger partial charge >= 0.3 is 0 Å². The van der Waals surface area contributed by atoms with Crippen molar-refractivity contribution in [2.45, 2.75) is 19.3 Å². The van der Waals surface area contributed by atoms with E-state index in [1.807, 2.05) is 18.5 Å². The predicted molar refractivity (Wildman–Crippen MR) is 191 cm³/mol. The monoisotopic (exact) mass is 573 g/mol. The van der Waals surface area contributed by atoms with Gasteiger partial charge in [-0.2, -0.15) is 0 Å². The highest BCUT2D eigenvalue weighted by molar-refractivity contribution is 6.23. The molecule has 8 aromatic rings. The molecule has 212 valence electrons. The zero-order valence-corrected chi connectivity index (χ0v) is 25.4. The molecule has 1 aliphatic rings. The molecular weight excluding hydrogens is 542 g/mol. The molecule has 0 bridgehead atoms. The predicted octanol–water partition coefficient (Wildman–Crippen LogP) is 11.8. The fourth-order valence-electron chi connectivity index (χ4n) is 7.90. The van der Waals surface area contributed by atoms with E-state index in [4.69, 9.17) is 0 Å². The largest absolute Gasteiger partial charge is 0.264 e. The zero-order chi connectivity index (χ0) is 30.1. The smallest absolute Gasteiger partial charge is 0.0346 e. The molecule has 0 aliphatic heterocycles. The Morgan fingerprint density at radius 1 is 0.422 bits per heavy atom. The Kier molecular flexibility index (Phi) is 5.61. The molecule has 0 fully saturated rings. The van der Waals surface area contributed by atoms with Crippen LogP contribution in [0.2, 0.25) is 0 Å². The van der Waals surface area contributed by atoms with Crippen molar-refractivity contribution in [3.63, 3.8) is 0 Å². The highest BCUT2D eigenvalue weighted by Crippen LogP contribution is 2.54. The molecule has 7 aromatic carbocycles. The van der Waals surface area contributed by atoms with Crippen LogP contribution in [0.15, 0.2) is 152 Å². The Bertz CT molecular complexity index is 2440. The van der Waals surface area contributed by atoms with Crippen LogP contribution in [0.4, 0.5) is 0 Å². The van der Waals surface area contributed by atoms with E-state index in [1.54, 1.807) is 0 Å². The van der Waals surface area contributed by atoms with E-state index >= 15 is 0 Å². The van der Waals surface area contributed by atoms with Crippen molar-refractivity contribution in [3.8, 4) is 44.5 Å². The molecule has 0 amide bonds. The van der Waals surface area contributed by atoms with Gasteiger partial charge in [0.05, 0.1) is 0 Å². The summed E-state index contributed by atoms with van der Waals surface area (Å²) < 4.78 is 0. The van der Waals surface area contributed by atoms with Crippen molar-refractivity contribution in [1.82, 2.24) is 4.98 Å². The summed E-state index contributed by atoms with van der Waals surface area (Å²) in [4.78, 5) is 4.54. The van der Waals surface area contributed by atoms with Crippen molar-refractivity contribution in [2.24, 2.45) is 0 Å². The summed E-state index contributed by atoms with van der Waals surface area (Å²) in [7, 11) is 0. The lowest BCUT2D eigenvalue weighted by atomic mass is 9.80. The molecule has 1 aromatic heterocycles. The molecule has 0 saturated heterocycles. The maximum atomic E-state index is 4.54. The van der Waals surface area contributed by atoms with Gasteiger partial charge in [0.15, 0.2) is 0 Å². The second kappa shape index (κ2) is 9.74. The Labute approximate surface area is 263 Å². The van der Waals surface area contributed by atoms with Crippen molar-refractivity contribution in [3.05, 3.63) is 163 Å². The molecule has 0 radical (unpaired) electrons. The van der Waals surface area contributed by atoms with Crippen LogP contribution in [0.25, 0.3) is 76.8 Å². The van der Waals surface area contributed by atoms with Gasteiger partial charge < -0.3 is 0 Å². The number of rotatable bonds is 3.